The number of nitrogens with zero attached hydrogens (tertiary/aromatic N) is 3. The zero-order valence-corrected chi connectivity index (χ0v) is 17.7. The number of fused-ring (bicyclic) bond motifs is 1. The van der Waals surface area contributed by atoms with Gasteiger partial charge in [-0.1, -0.05) is 42.0 Å². The highest BCUT2D eigenvalue weighted by atomic mass is 16.2. The van der Waals surface area contributed by atoms with Crippen LogP contribution >= 0.6 is 0 Å². The number of likely N-dealkylation sites (N-methyl/N-ethyl adjacent to an activating group) is 1. The number of hydrogen-bond acceptors (Lipinski definition) is 3. The Morgan fingerprint density at radius 2 is 1.80 bits per heavy atom. The van der Waals surface area contributed by atoms with E-state index < -0.39 is 12.1 Å². The van der Waals surface area contributed by atoms with Gasteiger partial charge >= 0.3 is 6.03 Å². The molecule has 2 aromatic rings. The van der Waals surface area contributed by atoms with Crippen LogP contribution in [0.1, 0.15) is 42.5 Å². The topological polar surface area (TPSA) is 60.9 Å². The second kappa shape index (κ2) is 7.94. The van der Waals surface area contributed by atoms with E-state index in [1.54, 1.807) is 18.9 Å². The Morgan fingerprint density at radius 1 is 1.10 bits per heavy atom. The first-order chi connectivity index (χ1) is 14.4. The SMILES string of the molecule is Cc1ccc(N2C(=O)N(CC(=O)N(C)C3CCCc4ccccc43)C(=O)C2C)cc1. The Morgan fingerprint density at radius 3 is 2.53 bits per heavy atom. The number of amides is 4. The summed E-state index contributed by atoms with van der Waals surface area (Å²) in [5, 5.41) is 0. The molecule has 0 saturated carbocycles. The lowest BCUT2D eigenvalue weighted by Gasteiger charge is -2.34. The molecule has 2 aromatic carbocycles. The zero-order chi connectivity index (χ0) is 21.4. The summed E-state index contributed by atoms with van der Waals surface area (Å²) in [6.07, 6.45) is 2.91. The predicted molar refractivity (Wildman–Crippen MR) is 115 cm³/mol. The van der Waals surface area contributed by atoms with E-state index in [0.717, 1.165) is 35.3 Å². The first kappa shape index (κ1) is 20.1. The summed E-state index contributed by atoms with van der Waals surface area (Å²) in [5.41, 5.74) is 4.16. The summed E-state index contributed by atoms with van der Waals surface area (Å²) < 4.78 is 0. The number of carbonyl (C=O) groups excluding carboxylic acids is 3. The molecule has 2 atom stereocenters. The monoisotopic (exact) mass is 405 g/mol. The third-order valence-electron chi connectivity index (χ3n) is 6.25. The summed E-state index contributed by atoms with van der Waals surface area (Å²) >= 11 is 0. The molecular weight excluding hydrogens is 378 g/mol. The summed E-state index contributed by atoms with van der Waals surface area (Å²) in [7, 11) is 1.77. The maximum atomic E-state index is 13.1. The van der Waals surface area contributed by atoms with Gasteiger partial charge in [-0.3, -0.25) is 19.4 Å². The van der Waals surface area contributed by atoms with Crippen LogP contribution in [0.4, 0.5) is 10.5 Å². The van der Waals surface area contributed by atoms with Crippen molar-refractivity contribution < 1.29 is 14.4 Å². The van der Waals surface area contributed by atoms with Gasteiger partial charge in [-0.25, -0.2) is 4.79 Å². The largest absolute Gasteiger partial charge is 0.337 e. The van der Waals surface area contributed by atoms with Gasteiger partial charge in [0.25, 0.3) is 5.91 Å². The van der Waals surface area contributed by atoms with Crippen LogP contribution in [0, 0.1) is 6.92 Å². The lowest BCUT2D eigenvalue weighted by atomic mass is 9.87. The van der Waals surface area contributed by atoms with Crippen LogP contribution in [0.2, 0.25) is 0 Å². The van der Waals surface area contributed by atoms with Gasteiger partial charge in [0.15, 0.2) is 0 Å². The van der Waals surface area contributed by atoms with Gasteiger partial charge in [0.05, 0.1) is 6.04 Å². The molecule has 2 aliphatic rings. The minimum atomic E-state index is -0.631. The molecule has 1 aliphatic carbocycles. The molecule has 1 aliphatic heterocycles. The third kappa shape index (κ3) is 3.47. The molecule has 1 fully saturated rings. The van der Waals surface area contributed by atoms with Crippen molar-refractivity contribution in [3.63, 3.8) is 0 Å². The molecule has 6 nitrogen and oxygen atoms in total. The molecule has 0 radical (unpaired) electrons. The molecule has 0 spiro atoms. The molecule has 30 heavy (non-hydrogen) atoms. The average molecular weight is 405 g/mol. The lowest BCUT2D eigenvalue weighted by Crippen LogP contribution is -2.43. The quantitative estimate of drug-likeness (QED) is 0.729. The van der Waals surface area contributed by atoms with Crippen LogP contribution < -0.4 is 4.90 Å². The van der Waals surface area contributed by atoms with Crippen molar-refractivity contribution in [2.45, 2.75) is 45.2 Å². The molecule has 6 heteroatoms. The van der Waals surface area contributed by atoms with Crippen molar-refractivity contribution >= 4 is 23.5 Å². The highest BCUT2D eigenvalue weighted by Crippen LogP contribution is 2.34. The van der Waals surface area contributed by atoms with Gasteiger partial charge < -0.3 is 4.90 Å². The average Bonchev–Trinajstić information content (AvgIpc) is 2.96. The van der Waals surface area contributed by atoms with E-state index in [-0.39, 0.29) is 24.4 Å². The van der Waals surface area contributed by atoms with Crippen molar-refractivity contribution in [1.29, 1.82) is 0 Å². The van der Waals surface area contributed by atoms with Crippen LogP contribution in [-0.2, 0) is 16.0 Å². The number of imide groups is 1. The first-order valence-corrected chi connectivity index (χ1v) is 10.4. The molecule has 1 saturated heterocycles. The Balaban J connectivity index is 1.51. The first-order valence-electron chi connectivity index (χ1n) is 10.4. The zero-order valence-electron chi connectivity index (χ0n) is 17.7. The Hall–Kier alpha value is -3.15. The fraction of sp³-hybridized carbons (Fsp3) is 0.375. The van der Waals surface area contributed by atoms with E-state index in [1.807, 2.05) is 43.3 Å². The van der Waals surface area contributed by atoms with Crippen LogP contribution in [0.25, 0.3) is 0 Å². The molecular formula is C24H27N3O3. The van der Waals surface area contributed by atoms with E-state index in [9.17, 15) is 14.4 Å². The number of urea groups is 1. The number of hydrogen-bond donors (Lipinski definition) is 0. The maximum absolute atomic E-state index is 13.1. The Bertz CT molecular complexity index is 985. The lowest BCUT2D eigenvalue weighted by molar-refractivity contribution is -0.138. The van der Waals surface area contributed by atoms with Gasteiger partial charge in [-0.05, 0) is 56.4 Å². The summed E-state index contributed by atoms with van der Waals surface area (Å²) in [4.78, 5) is 43.1. The number of carbonyl (C=O) groups is 3. The van der Waals surface area contributed by atoms with E-state index in [0.29, 0.717) is 5.69 Å². The van der Waals surface area contributed by atoms with E-state index in [2.05, 4.69) is 12.1 Å². The normalized spacial score (nSPS) is 21.0. The number of aryl methyl sites for hydroxylation is 2. The third-order valence-corrected chi connectivity index (χ3v) is 6.25. The standard InChI is InChI=1S/C24H27N3O3/c1-16-11-13-19(14-12-16)27-17(2)23(29)26(24(27)30)15-22(28)25(3)21-10-6-8-18-7-4-5-9-20(18)21/h4-5,7,9,11-14,17,21H,6,8,10,15H2,1-3H3. The Labute approximate surface area is 177 Å². The predicted octanol–water partition coefficient (Wildman–Crippen LogP) is 3.69. The Kier molecular flexibility index (Phi) is 5.33. The van der Waals surface area contributed by atoms with Crippen molar-refractivity contribution in [2.24, 2.45) is 0 Å². The number of anilines is 1. The molecule has 1 heterocycles. The van der Waals surface area contributed by atoms with Crippen LogP contribution in [0.15, 0.2) is 48.5 Å². The van der Waals surface area contributed by atoms with Gasteiger partial charge in [-0.15, -0.1) is 0 Å². The van der Waals surface area contributed by atoms with Crippen LogP contribution in [0.3, 0.4) is 0 Å². The molecule has 0 bridgehead atoms. The molecule has 0 aromatic heterocycles. The summed E-state index contributed by atoms with van der Waals surface area (Å²) in [6.45, 7) is 3.43. The van der Waals surface area contributed by atoms with Crippen LogP contribution in [-0.4, -0.2) is 47.3 Å². The van der Waals surface area contributed by atoms with E-state index in [4.69, 9.17) is 0 Å². The number of rotatable bonds is 4. The summed E-state index contributed by atoms with van der Waals surface area (Å²) in [6, 6.07) is 14.5. The fourth-order valence-corrected chi connectivity index (χ4v) is 4.46. The van der Waals surface area contributed by atoms with Gasteiger partial charge in [-0.2, -0.15) is 0 Å². The van der Waals surface area contributed by atoms with Gasteiger partial charge in [0.1, 0.15) is 12.6 Å². The van der Waals surface area contributed by atoms with Crippen LogP contribution in [0.5, 0.6) is 0 Å². The highest BCUT2D eigenvalue weighted by molar-refractivity contribution is 6.15. The summed E-state index contributed by atoms with van der Waals surface area (Å²) in [5.74, 6) is -0.567. The van der Waals surface area contributed by atoms with E-state index >= 15 is 0 Å². The van der Waals surface area contributed by atoms with Crippen molar-refractivity contribution in [2.75, 3.05) is 18.5 Å². The molecule has 4 amide bonds. The second-order valence-corrected chi connectivity index (χ2v) is 8.20. The highest BCUT2D eigenvalue weighted by Gasteiger charge is 2.44. The van der Waals surface area contributed by atoms with Gasteiger partial charge in [0, 0.05) is 12.7 Å². The fourth-order valence-electron chi connectivity index (χ4n) is 4.46. The molecule has 2 unspecified atom stereocenters. The van der Waals surface area contributed by atoms with Gasteiger partial charge in [0.2, 0.25) is 5.91 Å². The minimum Gasteiger partial charge on any atom is -0.337 e. The second-order valence-electron chi connectivity index (χ2n) is 8.20. The molecule has 4 rings (SSSR count). The maximum Gasteiger partial charge on any atom is 0.332 e. The smallest absolute Gasteiger partial charge is 0.332 e. The van der Waals surface area contributed by atoms with Crippen molar-refractivity contribution in [3.8, 4) is 0 Å². The molecule has 0 N–H and O–H groups in total. The van der Waals surface area contributed by atoms with E-state index in [1.165, 1.54) is 10.5 Å². The number of benzene rings is 2. The van der Waals surface area contributed by atoms with Crippen molar-refractivity contribution in [3.05, 3.63) is 65.2 Å². The minimum absolute atomic E-state index is 0.0270. The molecule has 156 valence electrons. The van der Waals surface area contributed by atoms with Crippen molar-refractivity contribution in [1.82, 2.24) is 9.80 Å².